The lowest BCUT2D eigenvalue weighted by Gasteiger charge is -2.28. The van der Waals surface area contributed by atoms with Crippen LogP contribution >= 0.6 is 0 Å². The lowest BCUT2D eigenvalue weighted by Crippen LogP contribution is -2.52. The second-order valence-electron chi connectivity index (χ2n) is 8.05. The fraction of sp³-hybridized carbons (Fsp3) is 0.375. The van der Waals surface area contributed by atoms with E-state index >= 15 is 0 Å². The van der Waals surface area contributed by atoms with Crippen molar-refractivity contribution in [2.45, 2.75) is 38.8 Å². The van der Waals surface area contributed by atoms with Gasteiger partial charge in [0.15, 0.2) is 0 Å². The third kappa shape index (κ3) is 7.09. The van der Waals surface area contributed by atoms with E-state index in [-0.39, 0.29) is 30.7 Å². The van der Waals surface area contributed by atoms with Gasteiger partial charge in [0.1, 0.15) is 23.2 Å². The summed E-state index contributed by atoms with van der Waals surface area (Å²) in [6, 6.07) is 15.3. The van der Waals surface area contributed by atoms with E-state index in [4.69, 9.17) is 26.0 Å². The minimum absolute atomic E-state index is 0.0361. The molecule has 32 heavy (non-hydrogen) atoms. The summed E-state index contributed by atoms with van der Waals surface area (Å²) in [6.07, 6.45) is 1.12. The molecular weight excluding hydrogens is 406 g/mol. The highest BCUT2D eigenvalue weighted by Gasteiger charge is 2.24. The number of aryl methyl sites for hydroxylation is 1. The molecule has 2 rings (SSSR count). The number of amides is 1. The van der Waals surface area contributed by atoms with Crippen molar-refractivity contribution >= 4 is 17.6 Å². The molecule has 0 atom stereocenters. The number of carbonyl (C=O) groups excluding carboxylic acids is 1. The highest BCUT2D eigenvalue weighted by Crippen LogP contribution is 2.26. The van der Waals surface area contributed by atoms with Crippen molar-refractivity contribution in [3.05, 3.63) is 59.7 Å². The van der Waals surface area contributed by atoms with Crippen LogP contribution in [0.2, 0.25) is 0 Å². The van der Waals surface area contributed by atoms with Crippen LogP contribution in [0, 0.1) is 10.8 Å². The van der Waals surface area contributed by atoms with Crippen molar-refractivity contribution in [1.82, 2.24) is 10.2 Å². The van der Waals surface area contributed by atoms with Gasteiger partial charge in [-0.15, -0.1) is 0 Å². The van der Waals surface area contributed by atoms with E-state index in [0.717, 1.165) is 11.1 Å². The molecule has 0 unspecified atom stereocenters. The maximum atomic E-state index is 12.2. The molecule has 0 aliphatic rings. The number of nitrogens with one attached hydrogen (secondary N) is 3. The van der Waals surface area contributed by atoms with Gasteiger partial charge in [-0.1, -0.05) is 30.3 Å². The SMILES string of the molecule is COc1ccc(CN(C(=N)CCc2ccccc2)C(=N)CNC(=O)C(C)(C)N)c(OC)c1. The number of ether oxygens (including phenoxy) is 2. The molecule has 172 valence electrons. The van der Waals surface area contributed by atoms with Gasteiger partial charge in [-0.3, -0.25) is 15.6 Å². The Labute approximate surface area is 189 Å². The van der Waals surface area contributed by atoms with Crippen LogP contribution in [-0.2, 0) is 17.8 Å². The number of amidine groups is 2. The van der Waals surface area contributed by atoms with Crippen molar-refractivity contribution < 1.29 is 14.3 Å². The fourth-order valence-corrected chi connectivity index (χ4v) is 3.04. The lowest BCUT2D eigenvalue weighted by atomic mass is 10.1. The molecule has 8 heteroatoms. The number of benzene rings is 2. The van der Waals surface area contributed by atoms with E-state index in [1.165, 1.54) is 0 Å². The van der Waals surface area contributed by atoms with E-state index in [1.807, 2.05) is 42.5 Å². The summed E-state index contributed by atoms with van der Waals surface area (Å²) >= 11 is 0. The molecule has 0 aliphatic heterocycles. The van der Waals surface area contributed by atoms with Gasteiger partial charge in [0.25, 0.3) is 0 Å². The molecular formula is C24H33N5O3. The molecule has 0 saturated carbocycles. The van der Waals surface area contributed by atoms with E-state index < -0.39 is 5.54 Å². The fourth-order valence-electron chi connectivity index (χ4n) is 3.04. The van der Waals surface area contributed by atoms with Gasteiger partial charge < -0.3 is 25.4 Å². The smallest absolute Gasteiger partial charge is 0.239 e. The predicted molar refractivity (Wildman–Crippen MR) is 127 cm³/mol. The standard InChI is InChI=1S/C24H33N5O3/c1-24(2,27)23(30)28-15-22(26)29(21(25)13-10-17-8-6-5-7-9-17)16-18-11-12-19(31-3)14-20(18)32-4/h5-9,11-12,14,25-26H,10,13,15-16,27H2,1-4H3,(H,28,30). The lowest BCUT2D eigenvalue weighted by molar-refractivity contribution is -0.124. The van der Waals surface area contributed by atoms with Crippen LogP contribution in [0.15, 0.2) is 48.5 Å². The number of rotatable bonds is 10. The Morgan fingerprint density at radius 3 is 2.34 bits per heavy atom. The normalized spacial score (nSPS) is 10.9. The molecule has 0 heterocycles. The van der Waals surface area contributed by atoms with Crippen molar-refractivity contribution in [1.29, 1.82) is 10.8 Å². The van der Waals surface area contributed by atoms with Gasteiger partial charge in [0.2, 0.25) is 5.91 Å². The van der Waals surface area contributed by atoms with Crippen LogP contribution in [0.1, 0.15) is 31.4 Å². The van der Waals surface area contributed by atoms with Crippen LogP contribution < -0.4 is 20.5 Å². The molecule has 0 spiro atoms. The summed E-state index contributed by atoms with van der Waals surface area (Å²) in [4.78, 5) is 13.7. The molecule has 0 radical (unpaired) electrons. The first-order valence-corrected chi connectivity index (χ1v) is 10.4. The van der Waals surface area contributed by atoms with Crippen LogP contribution in [0.25, 0.3) is 0 Å². The summed E-state index contributed by atoms with van der Waals surface area (Å²) in [6.45, 7) is 3.43. The number of nitrogens with two attached hydrogens (primary N) is 1. The highest BCUT2D eigenvalue weighted by atomic mass is 16.5. The number of carbonyl (C=O) groups is 1. The van der Waals surface area contributed by atoms with Crippen LogP contribution in [0.3, 0.4) is 0 Å². The number of hydrogen-bond donors (Lipinski definition) is 4. The molecule has 0 fully saturated rings. The Kier molecular flexibility index (Phi) is 8.78. The maximum Gasteiger partial charge on any atom is 0.239 e. The molecule has 0 saturated heterocycles. The quantitative estimate of drug-likeness (QED) is 0.335. The average Bonchev–Trinajstić information content (AvgIpc) is 2.79. The number of nitrogens with zero attached hydrogens (tertiary/aromatic N) is 1. The van der Waals surface area contributed by atoms with Gasteiger partial charge in [-0.05, 0) is 38.0 Å². The van der Waals surface area contributed by atoms with Crippen LogP contribution in [-0.4, -0.2) is 48.8 Å². The first-order chi connectivity index (χ1) is 15.2. The Morgan fingerprint density at radius 2 is 1.75 bits per heavy atom. The van der Waals surface area contributed by atoms with Gasteiger partial charge in [-0.25, -0.2) is 0 Å². The highest BCUT2D eigenvalue weighted by molar-refractivity contribution is 6.00. The molecule has 0 aliphatic carbocycles. The Morgan fingerprint density at radius 1 is 1.06 bits per heavy atom. The molecule has 2 aromatic rings. The first kappa shape index (κ1) is 24.9. The third-order valence-electron chi connectivity index (χ3n) is 4.97. The third-order valence-corrected chi connectivity index (χ3v) is 4.97. The second kappa shape index (κ2) is 11.3. The van der Waals surface area contributed by atoms with E-state index in [9.17, 15) is 4.79 Å². The Balaban J connectivity index is 2.20. The second-order valence-corrected chi connectivity index (χ2v) is 8.05. The molecule has 2 aromatic carbocycles. The Hall–Kier alpha value is -3.39. The van der Waals surface area contributed by atoms with Crippen molar-refractivity contribution in [2.24, 2.45) is 5.73 Å². The Bertz CT molecular complexity index is 938. The summed E-state index contributed by atoms with van der Waals surface area (Å²) in [5.41, 5.74) is 6.70. The zero-order chi connectivity index (χ0) is 23.7. The van der Waals surface area contributed by atoms with Crippen molar-refractivity contribution in [3.8, 4) is 11.5 Å². The van der Waals surface area contributed by atoms with Gasteiger partial charge in [0.05, 0.1) is 32.8 Å². The largest absolute Gasteiger partial charge is 0.497 e. The minimum atomic E-state index is -1.05. The van der Waals surface area contributed by atoms with E-state index in [2.05, 4.69) is 5.32 Å². The zero-order valence-corrected chi connectivity index (χ0v) is 19.2. The zero-order valence-electron chi connectivity index (χ0n) is 19.2. The molecule has 8 nitrogen and oxygen atoms in total. The minimum Gasteiger partial charge on any atom is -0.497 e. The van der Waals surface area contributed by atoms with Crippen LogP contribution in [0.4, 0.5) is 0 Å². The van der Waals surface area contributed by atoms with Crippen molar-refractivity contribution in [3.63, 3.8) is 0 Å². The maximum absolute atomic E-state index is 12.2. The van der Waals surface area contributed by atoms with Gasteiger partial charge in [0, 0.05) is 18.1 Å². The number of methoxy groups -OCH3 is 2. The predicted octanol–water partition coefficient (Wildman–Crippen LogP) is 2.95. The first-order valence-electron chi connectivity index (χ1n) is 10.4. The monoisotopic (exact) mass is 439 g/mol. The summed E-state index contributed by atoms with van der Waals surface area (Å²) < 4.78 is 10.7. The topological polar surface area (TPSA) is 125 Å². The summed E-state index contributed by atoms with van der Waals surface area (Å²) in [5, 5.41) is 19.9. The van der Waals surface area contributed by atoms with Crippen LogP contribution in [0.5, 0.6) is 11.5 Å². The molecule has 0 aromatic heterocycles. The molecule has 0 bridgehead atoms. The molecule has 1 amide bonds. The number of hydrogen-bond acceptors (Lipinski definition) is 6. The van der Waals surface area contributed by atoms with Crippen molar-refractivity contribution in [2.75, 3.05) is 20.8 Å². The van der Waals surface area contributed by atoms with E-state index in [0.29, 0.717) is 24.3 Å². The van der Waals surface area contributed by atoms with Gasteiger partial charge >= 0.3 is 0 Å². The summed E-state index contributed by atoms with van der Waals surface area (Å²) in [5.74, 6) is 1.27. The summed E-state index contributed by atoms with van der Waals surface area (Å²) in [7, 11) is 3.15. The molecule has 5 N–H and O–H groups in total. The van der Waals surface area contributed by atoms with Gasteiger partial charge in [-0.2, -0.15) is 0 Å². The van der Waals surface area contributed by atoms with E-state index in [1.54, 1.807) is 39.0 Å². The average molecular weight is 440 g/mol.